The second kappa shape index (κ2) is 5.19. The van der Waals surface area contributed by atoms with Gasteiger partial charge in [0, 0.05) is 22.4 Å². The van der Waals surface area contributed by atoms with Crippen LogP contribution in [0.25, 0.3) is 0 Å². The van der Waals surface area contributed by atoms with Crippen molar-refractivity contribution in [2.45, 2.75) is 12.5 Å². The van der Waals surface area contributed by atoms with E-state index in [9.17, 15) is 0 Å². The lowest BCUT2D eigenvalue weighted by molar-refractivity contribution is 0.730. The van der Waals surface area contributed by atoms with Gasteiger partial charge < -0.3 is 5.73 Å². The predicted octanol–water partition coefficient (Wildman–Crippen LogP) is 4.30. The molecule has 16 heavy (non-hydrogen) atoms. The average molecular weight is 272 g/mol. The van der Waals surface area contributed by atoms with Crippen LogP contribution in [-0.2, 0) is 6.42 Å². The van der Waals surface area contributed by atoms with Crippen LogP contribution in [0, 0.1) is 0 Å². The molecule has 0 radical (unpaired) electrons. The number of rotatable bonds is 3. The van der Waals surface area contributed by atoms with Gasteiger partial charge in [-0.3, -0.25) is 0 Å². The Balaban J connectivity index is 2.08. The summed E-state index contributed by atoms with van der Waals surface area (Å²) in [6.07, 6.45) is 0.805. The van der Waals surface area contributed by atoms with E-state index < -0.39 is 0 Å². The molecule has 0 saturated heterocycles. The Morgan fingerprint density at radius 2 is 1.75 bits per heavy atom. The molecular formula is C12H11Cl2NS. The quantitative estimate of drug-likeness (QED) is 0.885. The van der Waals surface area contributed by atoms with Crippen molar-refractivity contribution < 1.29 is 0 Å². The van der Waals surface area contributed by atoms with E-state index in [-0.39, 0.29) is 6.04 Å². The molecule has 0 bridgehead atoms. The second-order valence-electron chi connectivity index (χ2n) is 3.57. The van der Waals surface area contributed by atoms with Crippen molar-refractivity contribution >= 4 is 34.5 Å². The van der Waals surface area contributed by atoms with Gasteiger partial charge in [-0.05, 0) is 29.8 Å². The molecule has 1 heterocycles. The molecule has 4 heteroatoms. The van der Waals surface area contributed by atoms with Gasteiger partial charge in [0.1, 0.15) is 0 Å². The smallest absolute Gasteiger partial charge is 0.0931 e. The Morgan fingerprint density at radius 3 is 2.31 bits per heavy atom. The van der Waals surface area contributed by atoms with E-state index in [1.54, 1.807) is 11.3 Å². The van der Waals surface area contributed by atoms with Gasteiger partial charge in [0.25, 0.3) is 0 Å². The minimum absolute atomic E-state index is 0.00742. The van der Waals surface area contributed by atoms with Crippen molar-refractivity contribution in [1.82, 2.24) is 0 Å². The van der Waals surface area contributed by atoms with E-state index in [2.05, 4.69) is 0 Å². The lowest BCUT2D eigenvalue weighted by Crippen LogP contribution is -2.12. The van der Waals surface area contributed by atoms with Crippen LogP contribution in [0.4, 0.5) is 0 Å². The van der Waals surface area contributed by atoms with Crippen molar-refractivity contribution in [3.63, 3.8) is 0 Å². The molecule has 1 aromatic heterocycles. The number of nitrogens with two attached hydrogens (primary N) is 1. The molecule has 2 rings (SSSR count). The van der Waals surface area contributed by atoms with Crippen LogP contribution in [0.2, 0.25) is 9.36 Å². The summed E-state index contributed by atoms with van der Waals surface area (Å²) in [5.74, 6) is 0. The zero-order valence-corrected chi connectivity index (χ0v) is 10.8. The summed E-state index contributed by atoms with van der Waals surface area (Å²) in [4.78, 5) is 1.20. The van der Waals surface area contributed by atoms with E-state index in [1.807, 2.05) is 36.4 Å². The Hall–Kier alpha value is -0.540. The first kappa shape index (κ1) is 11.9. The van der Waals surface area contributed by atoms with E-state index in [4.69, 9.17) is 28.9 Å². The van der Waals surface area contributed by atoms with E-state index >= 15 is 0 Å². The Labute approximate surface area is 109 Å². The lowest BCUT2D eigenvalue weighted by atomic mass is 10.0. The maximum Gasteiger partial charge on any atom is 0.0931 e. The largest absolute Gasteiger partial charge is 0.324 e. The lowest BCUT2D eigenvalue weighted by Gasteiger charge is -2.10. The molecule has 0 aliphatic carbocycles. The molecule has 0 spiro atoms. The van der Waals surface area contributed by atoms with E-state index in [0.717, 1.165) is 21.3 Å². The van der Waals surface area contributed by atoms with Gasteiger partial charge in [-0.15, -0.1) is 11.3 Å². The van der Waals surface area contributed by atoms with Crippen molar-refractivity contribution in [3.05, 3.63) is 56.2 Å². The number of hydrogen-bond donors (Lipinski definition) is 1. The van der Waals surface area contributed by atoms with Crippen LogP contribution in [0.3, 0.4) is 0 Å². The standard InChI is InChI=1S/C12H11Cl2NS/c13-9-3-1-8(2-4-9)11(15)7-10-5-6-12(14)16-10/h1-6,11H,7,15H2. The van der Waals surface area contributed by atoms with Gasteiger partial charge in [-0.2, -0.15) is 0 Å². The van der Waals surface area contributed by atoms with Crippen LogP contribution in [0.1, 0.15) is 16.5 Å². The SMILES string of the molecule is NC(Cc1ccc(Cl)s1)c1ccc(Cl)cc1. The molecule has 0 aliphatic heterocycles. The maximum atomic E-state index is 6.11. The molecule has 1 unspecified atom stereocenters. The molecule has 1 aromatic carbocycles. The van der Waals surface area contributed by atoms with Crippen molar-refractivity contribution in [2.75, 3.05) is 0 Å². The summed E-state index contributed by atoms with van der Waals surface area (Å²) in [5.41, 5.74) is 7.20. The number of halogens is 2. The average Bonchev–Trinajstić information content (AvgIpc) is 2.65. The van der Waals surface area contributed by atoms with Crippen LogP contribution in [0.5, 0.6) is 0 Å². The Kier molecular flexibility index (Phi) is 3.87. The maximum absolute atomic E-state index is 6.11. The monoisotopic (exact) mass is 271 g/mol. The molecule has 1 nitrogen and oxygen atoms in total. The first-order valence-electron chi connectivity index (χ1n) is 4.90. The molecule has 0 amide bonds. The molecular weight excluding hydrogens is 261 g/mol. The normalized spacial score (nSPS) is 12.7. The number of hydrogen-bond acceptors (Lipinski definition) is 2. The molecule has 2 aromatic rings. The molecule has 1 atom stereocenters. The van der Waals surface area contributed by atoms with Crippen LogP contribution in [0.15, 0.2) is 36.4 Å². The molecule has 0 aliphatic rings. The minimum atomic E-state index is -0.00742. The molecule has 0 fully saturated rings. The Morgan fingerprint density at radius 1 is 1.06 bits per heavy atom. The van der Waals surface area contributed by atoms with Gasteiger partial charge in [0.15, 0.2) is 0 Å². The zero-order valence-electron chi connectivity index (χ0n) is 8.49. The number of benzene rings is 1. The van der Waals surface area contributed by atoms with Crippen molar-refractivity contribution in [3.8, 4) is 0 Å². The molecule has 2 N–H and O–H groups in total. The third kappa shape index (κ3) is 2.98. The van der Waals surface area contributed by atoms with Crippen LogP contribution >= 0.6 is 34.5 Å². The fraction of sp³-hybridized carbons (Fsp3) is 0.167. The fourth-order valence-electron chi connectivity index (χ4n) is 1.51. The third-order valence-electron chi connectivity index (χ3n) is 2.35. The van der Waals surface area contributed by atoms with Gasteiger partial charge in [0.05, 0.1) is 4.34 Å². The first-order valence-corrected chi connectivity index (χ1v) is 6.47. The highest BCUT2D eigenvalue weighted by Crippen LogP contribution is 2.26. The predicted molar refractivity (Wildman–Crippen MR) is 71.4 cm³/mol. The summed E-state index contributed by atoms with van der Waals surface area (Å²) in [5, 5.41) is 0.732. The third-order valence-corrected chi connectivity index (χ3v) is 3.85. The van der Waals surface area contributed by atoms with Gasteiger partial charge in [-0.1, -0.05) is 35.3 Å². The van der Waals surface area contributed by atoms with Crippen molar-refractivity contribution in [2.24, 2.45) is 5.73 Å². The summed E-state index contributed by atoms with van der Waals surface area (Å²) in [6.45, 7) is 0. The number of thiophene rings is 1. The van der Waals surface area contributed by atoms with Gasteiger partial charge in [-0.25, -0.2) is 0 Å². The zero-order chi connectivity index (χ0) is 11.5. The minimum Gasteiger partial charge on any atom is -0.324 e. The van der Waals surface area contributed by atoms with Gasteiger partial charge in [0.2, 0.25) is 0 Å². The topological polar surface area (TPSA) is 26.0 Å². The van der Waals surface area contributed by atoms with Crippen LogP contribution in [-0.4, -0.2) is 0 Å². The summed E-state index contributed by atoms with van der Waals surface area (Å²) in [7, 11) is 0. The molecule has 84 valence electrons. The second-order valence-corrected chi connectivity index (χ2v) is 5.80. The van der Waals surface area contributed by atoms with Crippen LogP contribution < -0.4 is 5.73 Å². The highest BCUT2D eigenvalue weighted by molar-refractivity contribution is 7.16. The first-order chi connectivity index (χ1) is 7.65. The highest BCUT2D eigenvalue weighted by Gasteiger charge is 2.08. The summed E-state index contributed by atoms with van der Waals surface area (Å²) in [6, 6.07) is 11.5. The Bertz CT molecular complexity index is 464. The van der Waals surface area contributed by atoms with Gasteiger partial charge >= 0.3 is 0 Å². The van der Waals surface area contributed by atoms with E-state index in [0.29, 0.717) is 0 Å². The van der Waals surface area contributed by atoms with E-state index in [1.165, 1.54) is 4.88 Å². The summed E-state index contributed by atoms with van der Waals surface area (Å²) < 4.78 is 0.804. The highest BCUT2D eigenvalue weighted by atomic mass is 35.5. The summed E-state index contributed by atoms with van der Waals surface area (Å²) >= 11 is 13.3. The molecule has 0 saturated carbocycles. The fourth-order valence-corrected chi connectivity index (χ4v) is 2.78. The van der Waals surface area contributed by atoms with Crippen molar-refractivity contribution in [1.29, 1.82) is 0 Å².